The molecule has 14 heavy (non-hydrogen) atoms. The minimum atomic E-state index is 0.157. The Labute approximate surface area is 85.1 Å². The number of hydrogen-bond acceptors (Lipinski definition) is 1. The van der Waals surface area contributed by atoms with E-state index in [0.29, 0.717) is 11.7 Å². The highest BCUT2D eigenvalue weighted by molar-refractivity contribution is 5.86. The molecule has 1 heteroatoms. The zero-order chi connectivity index (χ0) is 9.97. The third kappa shape index (κ3) is 1.72. The Morgan fingerprint density at radius 2 is 1.93 bits per heavy atom. The Morgan fingerprint density at radius 3 is 2.57 bits per heavy atom. The fourth-order valence-electron chi connectivity index (χ4n) is 2.41. The van der Waals surface area contributed by atoms with E-state index >= 15 is 0 Å². The zero-order valence-electron chi connectivity index (χ0n) is 8.57. The van der Waals surface area contributed by atoms with Crippen LogP contribution < -0.4 is 0 Å². The normalized spacial score (nSPS) is 27.6. The largest absolute Gasteiger partial charge is 0.299 e. The molecule has 0 amide bonds. The predicted molar refractivity (Wildman–Crippen MR) is 57.2 cm³/mol. The summed E-state index contributed by atoms with van der Waals surface area (Å²) in [5.41, 5.74) is 1.20. The van der Waals surface area contributed by atoms with E-state index in [1.807, 2.05) is 18.2 Å². The first-order valence-corrected chi connectivity index (χ1v) is 5.36. The Morgan fingerprint density at radius 1 is 1.21 bits per heavy atom. The highest BCUT2D eigenvalue weighted by Crippen LogP contribution is 2.34. The van der Waals surface area contributed by atoms with Crippen LogP contribution in [0.15, 0.2) is 30.3 Å². The van der Waals surface area contributed by atoms with E-state index in [1.54, 1.807) is 0 Å². The molecule has 1 aliphatic carbocycles. The molecule has 0 heterocycles. The van der Waals surface area contributed by atoms with Gasteiger partial charge in [-0.2, -0.15) is 0 Å². The number of benzene rings is 1. The van der Waals surface area contributed by atoms with Gasteiger partial charge < -0.3 is 0 Å². The summed E-state index contributed by atoms with van der Waals surface area (Å²) in [5, 5.41) is 0. The van der Waals surface area contributed by atoms with E-state index < -0.39 is 0 Å². The van der Waals surface area contributed by atoms with Crippen LogP contribution in [0.1, 0.15) is 37.7 Å². The summed E-state index contributed by atoms with van der Waals surface area (Å²) in [5.74, 6) is 1.10. The lowest BCUT2D eigenvalue weighted by Crippen LogP contribution is -2.24. The van der Waals surface area contributed by atoms with Crippen molar-refractivity contribution in [1.29, 1.82) is 0 Å². The Bertz CT molecular complexity index is 315. The molecule has 2 atom stereocenters. The second kappa shape index (κ2) is 3.95. The molecule has 0 spiro atoms. The van der Waals surface area contributed by atoms with Gasteiger partial charge in [0.25, 0.3) is 0 Å². The number of carbonyl (C=O) groups excluding carboxylic acids is 1. The fraction of sp³-hybridized carbons (Fsp3) is 0.462. The average molecular weight is 188 g/mol. The number of carbonyl (C=O) groups is 1. The molecular formula is C13H16O. The van der Waals surface area contributed by atoms with Gasteiger partial charge in [0.05, 0.1) is 0 Å². The molecule has 1 saturated carbocycles. The van der Waals surface area contributed by atoms with Crippen LogP contribution in [0.4, 0.5) is 0 Å². The van der Waals surface area contributed by atoms with Crippen molar-refractivity contribution in [3.05, 3.63) is 35.9 Å². The molecule has 2 rings (SSSR count). The maximum atomic E-state index is 11.8. The summed E-state index contributed by atoms with van der Waals surface area (Å²) in [6.07, 6.45) is 3.03. The SMILES string of the molecule is C[C@@H]1CCCC(=O)[C@H]1c1ccccc1. The van der Waals surface area contributed by atoms with E-state index in [4.69, 9.17) is 0 Å². The summed E-state index contributed by atoms with van der Waals surface area (Å²) in [6, 6.07) is 10.2. The smallest absolute Gasteiger partial charge is 0.140 e. The first kappa shape index (κ1) is 9.45. The van der Waals surface area contributed by atoms with Crippen molar-refractivity contribution in [2.45, 2.75) is 32.1 Å². The highest BCUT2D eigenvalue weighted by atomic mass is 16.1. The molecule has 74 valence electrons. The van der Waals surface area contributed by atoms with Gasteiger partial charge in [0, 0.05) is 12.3 Å². The maximum Gasteiger partial charge on any atom is 0.140 e. The van der Waals surface area contributed by atoms with Gasteiger partial charge in [0.1, 0.15) is 5.78 Å². The van der Waals surface area contributed by atoms with Crippen LogP contribution >= 0.6 is 0 Å². The lowest BCUT2D eigenvalue weighted by atomic mass is 9.76. The van der Waals surface area contributed by atoms with E-state index in [1.165, 1.54) is 12.0 Å². The fourth-order valence-corrected chi connectivity index (χ4v) is 2.41. The van der Waals surface area contributed by atoms with E-state index in [-0.39, 0.29) is 5.92 Å². The maximum absolute atomic E-state index is 11.8. The third-order valence-corrected chi connectivity index (χ3v) is 3.16. The minimum absolute atomic E-state index is 0.157. The zero-order valence-corrected chi connectivity index (χ0v) is 8.57. The van der Waals surface area contributed by atoms with E-state index in [9.17, 15) is 4.79 Å². The van der Waals surface area contributed by atoms with E-state index in [2.05, 4.69) is 19.1 Å². The topological polar surface area (TPSA) is 17.1 Å². The van der Waals surface area contributed by atoms with Gasteiger partial charge in [-0.25, -0.2) is 0 Å². The van der Waals surface area contributed by atoms with Crippen molar-refractivity contribution in [3.63, 3.8) is 0 Å². The molecule has 1 aromatic carbocycles. The van der Waals surface area contributed by atoms with Crippen molar-refractivity contribution < 1.29 is 4.79 Å². The molecule has 0 unspecified atom stereocenters. The second-order valence-corrected chi connectivity index (χ2v) is 4.22. The summed E-state index contributed by atoms with van der Waals surface area (Å²) >= 11 is 0. The van der Waals surface area contributed by atoms with Crippen LogP contribution in [-0.2, 0) is 4.79 Å². The summed E-state index contributed by atoms with van der Waals surface area (Å²) in [7, 11) is 0. The molecule has 0 bridgehead atoms. The predicted octanol–water partition coefficient (Wildman–Crippen LogP) is 3.16. The van der Waals surface area contributed by atoms with Crippen molar-refractivity contribution in [2.75, 3.05) is 0 Å². The Hall–Kier alpha value is -1.11. The van der Waals surface area contributed by atoms with Crippen molar-refractivity contribution in [2.24, 2.45) is 5.92 Å². The van der Waals surface area contributed by atoms with Crippen LogP contribution in [0.2, 0.25) is 0 Å². The Kier molecular flexibility index (Phi) is 2.67. The molecule has 1 nitrogen and oxygen atoms in total. The molecular weight excluding hydrogens is 172 g/mol. The monoisotopic (exact) mass is 188 g/mol. The van der Waals surface area contributed by atoms with E-state index in [0.717, 1.165) is 12.8 Å². The standard InChI is InChI=1S/C13H16O/c1-10-6-5-9-12(14)13(10)11-7-3-2-4-8-11/h2-4,7-8,10,13H,5-6,9H2,1H3/t10-,13-/m1/s1. The van der Waals surface area contributed by atoms with Crippen LogP contribution in [0.5, 0.6) is 0 Å². The summed E-state index contributed by atoms with van der Waals surface area (Å²) in [6.45, 7) is 2.19. The minimum Gasteiger partial charge on any atom is -0.299 e. The third-order valence-electron chi connectivity index (χ3n) is 3.16. The van der Waals surface area contributed by atoms with Crippen molar-refractivity contribution in [3.8, 4) is 0 Å². The van der Waals surface area contributed by atoms with Gasteiger partial charge in [-0.1, -0.05) is 37.3 Å². The van der Waals surface area contributed by atoms with Gasteiger partial charge in [0.15, 0.2) is 0 Å². The number of ketones is 1. The molecule has 1 fully saturated rings. The van der Waals surface area contributed by atoms with Crippen LogP contribution in [0, 0.1) is 5.92 Å². The number of hydrogen-bond donors (Lipinski definition) is 0. The lowest BCUT2D eigenvalue weighted by molar-refractivity contribution is -0.123. The lowest BCUT2D eigenvalue weighted by Gasteiger charge is -2.27. The summed E-state index contributed by atoms with van der Waals surface area (Å²) in [4.78, 5) is 11.8. The van der Waals surface area contributed by atoms with Crippen molar-refractivity contribution in [1.82, 2.24) is 0 Å². The first-order valence-electron chi connectivity index (χ1n) is 5.36. The quantitative estimate of drug-likeness (QED) is 0.661. The molecule has 0 N–H and O–H groups in total. The number of Topliss-reactive ketones (excluding diaryl/α,β-unsaturated/α-hetero) is 1. The number of rotatable bonds is 1. The molecule has 0 aliphatic heterocycles. The van der Waals surface area contributed by atoms with Gasteiger partial charge in [0.2, 0.25) is 0 Å². The second-order valence-electron chi connectivity index (χ2n) is 4.22. The molecule has 1 aliphatic rings. The highest BCUT2D eigenvalue weighted by Gasteiger charge is 2.29. The average Bonchev–Trinajstić information content (AvgIpc) is 2.19. The molecule has 0 radical (unpaired) electrons. The van der Waals surface area contributed by atoms with Crippen LogP contribution in [-0.4, -0.2) is 5.78 Å². The van der Waals surface area contributed by atoms with Gasteiger partial charge in [-0.15, -0.1) is 0 Å². The molecule has 0 aromatic heterocycles. The molecule has 1 aromatic rings. The van der Waals surface area contributed by atoms with Crippen LogP contribution in [0.3, 0.4) is 0 Å². The Balaban J connectivity index is 2.27. The van der Waals surface area contributed by atoms with Gasteiger partial charge in [-0.3, -0.25) is 4.79 Å². The van der Waals surface area contributed by atoms with Crippen LogP contribution in [0.25, 0.3) is 0 Å². The first-order chi connectivity index (χ1) is 6.79. The molecule has 0 saturated heterocycles. The van der Waals surface area contributed by atoms with Gasteiger partial charge in [-0.05, 0) is 24.3 Å². The van der Waals surface area contributed by atoms with Crippen molar-refractivity contribution >= 4 is 5.78 Å². The van der Waals surface area contributed by atoms with Gasteiger partial charge >= 0.3 is 0 Å². The summed E-state index contributed by atoms with van der Waals surface area (Å²) < 4.78 is 0.